The van der Waals surface area contributed by atoms with Gasteiger partial charge in [-0.2, -0.15) is 0 Å². The Hall–Kier alpha value is -1.59. The summed E-state index contributed by atoms with van der Waals surface area (Å²) in [5, 5.41) is 2.52. The largest absolute Gasteiger partial charge is 0.458 e. The zero-order valence-corrected chi connectivity index (χ0v) is 16.3. The van der Waals surface area contributed by atoms with Gasteiger partial charge in [0.2, 0.25) is 0 Å². The number of hydrogen-bond donors (Lipinski definition) is 1. The topological polar surface area (TPSA) is 81.7 Å². The molecule has 0 aliphatic carbocycles. The van der Waals surface area contributed by atoms with E-state index in [0.717, 1.165) is 0 Å². The van der Waals surface area contributed by atoms with E-state index < -0.39 is 29.3 Å². The molecule has 0 bridgehead atoms. The quantitative estimate of drug-likeness (QED) is 0.714. The Labute approximate surface area is 145 Å². The minimum absolute atomic E-state index is 0.0598. The number of Topliss-reactive ketones (excluding diaryl/α,β-unsaturated/α-hetero) is 1. The highest BCUT2D eigenvalue weighted by molar-refractivity contribution is 5.83. The first-order valence-corrected chi connectivity index (χ1v) is 8.43. The van der Waals surface area contributed by atoms with Crippen LogP contribution >= 0.6 is 0 Å². The molecule has 0 aliphatic rings. The molecule has 6 nitrogen and oxygen atoms in total. The Kier molecular flexibility index (Phi) is 8.44. The zero-order chi connectivity index (χ0) is 19.1. The lowest BCUT2D eigenvalue weighted by atomic mass is 10.0. The van der Waals surface area contributed by atoms with Crippen LogP contribution in [0.5, 0.6) is 0 Å². The molecule has 0 heterocycles. The molecule has 6 heteroatoms. The molecule has 0 rings (SSSR count). The fourth-order valence-corrected chi connectivity index (χ4v) is 1.93. The Morgan fingerprint density at radius 2 is 1.42 bits per heavy atom. The minimum atomic E-state index is -0.907. The van der Waals surface area contributed by atoms with Gasteiger partial charge >= 0.3 is 12.1 Å². The highest BCUT2D eigenvalue weighted by Crippen LogP contribution is 2.14. The number of ether oxygens (including phenoxy) is 2. The molecule has 0 aromatic heterocycles. The van der Waals surface area contributed by atoms with Crippen molar-refractivity contribution in [1.82, 2.24) is 5.32 Å². The van der Waals surface area contributed by atoms with Crippen LogP contribution < -0.4 is 5.32 Å². The van der Waals surface area contributed by atoms with E-state index in [2.05, 4.69) is 5.32 Å². The number of amides is 1. The van der Waals surface area contributed by atoms with Crippen LogP contribution in [0.25, 0.3) is 0 Å². The lowest BCUT2D eigenvalue weighted by Gasteiger charge is -2.26. The predicted octanol–water partition coefficient (Wildman–Crippen LogP) is 3.62. The maximum absolute atomic E-state index is 12.3. The van der Waals surface area contributed by atoms with Crippen molar-refractivity contribution >= 4 is 17.8 Å². The van der Waals surface area contributed by atoms with E-state index in [4.69, 9.17) is 9.47 Å². The molecule has 0 aliphatic heterocycles. The third-order valence-corrected chi connectivity index (χ3v) is 2.73. The molecule has 0 saturated heterocycles. The minimum Gasteiger partial charge on any atom is -0.458 e. The van der Waals surface area contributed by atoms with E-state index in [1.165, 1.54) is 0 Å². The van der Waals surface area contributed by atoms with E-state index in [1.807, 2.05) is 13.8 Å². The summed E-state index contributed by atoms with van der Waals surface area (Å²) in [6, 6.07) is -0.907. The fraction of sp³-hybridized carbons (Fsp3) is 0.833. The van der Waals surface area contributed by atoms with Crippen LogP contribution in [0.4, 0.5) is 4.79 Å². The number of carbonyl (C=O) groups excluding carboxylic acids is 3. The van der Waals surface area contributed by atoms with Crippen molar-refractivity contribution in [3.05, 3.63) is 0 Å². The Morgan fingerprint density at radius 1 is 0.917 bits per heavy atom. The van der Waals surface area contributed by atoms with Gasteiger partial charge in [-0.25, -0.2) is 9.59 Å². The van der Waals surface area contributed by atoms with Crippen molar-refractivity contribution in [1.29, 1.82) is 0 Å². The van der Waals surface area contributed by atoms with E-state index in [0.29, 0.717) is 6.42 Å². The SMILES string of the molecule is CC(C)CC(=O)CC[C@H](NC(=O)OC(C)(C)C)C(=O)OC(C)(C)C. The fourth-order valence-electron chi connectivity index (χ4n) is 1.93. The van der Waals surface area contributed by atoms with E-state index in [-0.39, 0.29) is 24.5 Å². The average molecular weight is 343 g/mol. The monoisotopic (exact) mass is 343 g/mol. The van der Waals surface area contributed by atoms with Gasteiger partial charge in [-0.05, 0) is 53.9 Å². The Balaban J connectivity index is 4.86. The van der Waals surface area contributed by atoms with Crippen molar-refractivity contribution in [3.63, 3.8) is 0 Å². The van der Waals surface area contributed by atoms with Gasteiger partial charge in [0.05, 0.1) is 0 Å². The second kappa shape index (κ2) is 9.04. The number of alkyl carbamates (subject to hydrolysis) is 1. The van der Waals surface area contributed by atoms with Gasteiger partial charge in [0.1, 0.15) is 23.0 Å². The van der Waals surface area contributed by atoms with Gasteiger partial charge in [-0.15, -0.1) is 0 Å². The van der Waals surface area contributed by atoms with Crippen LogP contribution in [0.2, 0.25) is 0 Å². The van der Waals surface area contributed by atoms with Crippen LogP contribution in [0.1, 0.15) is 74.7 Å². The third-order valence-electron chi connectivity index (χ3n) is 2.73. The number of carbonyl (C=O) groups is 3. The highest BCUT2D eigenvalue weighted by Gasteiger charge is 2.29. The zero-order valence-electron chi connectivity index (χ0n) is 16.3. The van der Waals surface area contributed by atoms with E-state index in [1.54, 1.807) is 41.5 Å². The summed E-state index contributed by atoms with van der Waals surface area (Å²) in [7, 11) is 0. The van der Waals surface area contributed by atoms with Crippen LogP contribution in [0.15, 0.2) is 0 Å². The van der Waals surface area contributed by atoms with Crippen LogP contribution in [-0.4, -0.2) is 35.1 Å². The summed E-state index contributed by atoms with van der Waals surface area (Å²) in [6.45, 7) is 14.4. The lowest BCUT2D eigenvalue weighted by Crippen LogP contribution is -2.46. The van der Waals surface area contributed by atoms with Gasteiger partial charge < -0.3 is 14.8 Å². The van der Waals surface area contributed by atoms with Gasteiger partial charge in [0.25, 0.3) is 0 Å². The maximum atomic E-state index is 12.3. The number of nitrogens with one attached hydrogen (secondary N) is 1. The summed E-state index contributed by atoms with van der Waals surface area (Å²) in [5.74, 6) is -0.244. The molecule has 1 N–H and O–H groups in total. The first-order chi connectivity index (χ1) is 10.7. The maximum Gasteiger partial charge on any atom is 0.408 e. The van der Waals surface area contributed by atoms with Crippen molar-refractivity contribution in [2.45, 2.75) is 91.9 Å². The van der Waals surface area contributed by atoms with Crippen molar-refractivity contribution in [2.75, 3.05) is 0 Å². The highest BCUT2D eigenvalue weighted by atomic mass is 16.6. The summed E-state index contributed by atoms with van der Waals surface area (Å²) in [4.78, 5) is 36.1. The van der Waals surface area contributed by atoms with E-state index in [9.17, 15) is 14.4 Å². The van der Waals surface area contributed by atoms with Gasteiger partial charge in [-0.1, -0.05) is 13.8 Å². The number of rotatable bonds is 7. The molecule has 140 valence electrons. The first kappa shape index (κ1) is 22.4. The van der Waals surface area contributed by atoms with Crippen molar-refractivity contribution in [2.24, 2.45) is 5.92 Å². The molecule has 0 spiro atoms. The third kappa shape index (κ3) is 11.9. The number of hydrogen-bond acceptors (Lipinski definition) is 5. The van der Waals surface area contributed by atoms with Gasteiger partial charge in [0.15, 0.2) is 0 Å². The Bertz CT molecular complexity index is 443. The predicted molar refractivity (Wildman–Crippen MR) is 92.7 cm³/mol. The average Bonchev–Trinajstić information content (AvgIpc) is 2.28. The Morgan fingerprint density at radius 3 is 1.83 bits per heavy atom. The molecule has 0 aromatic rings. The normalized spacial score (nSPS) is 13.4. The smallest absolute Gasteiger partial charge is 0.408 e. The molecule has 0 unspecified atom stereocenters. The number of esters is 1. The van der Waals surface area contributed by atoms with Crippen LogP contribution in [0, 0.1) is 5.92 Å². The second-order valence-electron chi connectivity index (χ2n) is 8.41. The molecule has 1 atom stereocenters. The second-order valence-corrected chi connectivity index (χ2v) is 8.41. The molecule has 1 amide bonds. The van der Waals surface area contributed by atoms with Crippen molar-refractivity contribution in [3.8, 4) is 0 Å². The molecular weight excluding hydrogens is 310 g/mol. The van der Waals surface area contributed by atoms with Crippen LogP contribution in [0.3, 0.4) is 0 Å². The van der Waals surface area contributed by atoms with E-state index >= 15 is 0 Å². The first-order valence-electron chi connectivity index (χ1n) is 8.43. The summed E-state index contributed by atoms with van der Waals surface area (Å²) in [6.07, 6.45) is 0.153. The summed E-state index contributed by atoms with van der Waals surface area (Å²) in [5.41, 5.74) is -1.34. The molecule has 0 aromatic carbocycles. The van der Waals surface area contributed by atoms with Gasteiger partial charge in [0, 0.05) is 12.8 Å². The molecule has 24 heavy (non-hydrogen) atoms. The summed E-state index contributed by atoms with van der Waals surface area (Å²) < 4.78 is 10.5. The lowest BCUT2D eigenvalue weighted by molar-refractivity contribution is -0.157. The van der Waals surface area contributed by atoms with Crippen LogP contribution in [-0.2, 0) is 19.1 Å². The molecule has 0 radical (unpaired) electrons. The molecule has 0 saturated carbocycles. The van der Waals surface area contributed by atoms with Gasteiger partial charge in [-0.3, -0.25) is 4.79 Å². The van der Waals surface area contributed by atoms with Crippen molar-refractivity contribution < 1.29 is 23.9 Å². The number of ketones is 1. The molecular formula is C18H33NO5. The summed E-state index contributed by atoms with van der Waals surface area (Å²) >= 11 is 0. The molecule has 0 fully saturated rings. The standard InChI is InChI=1S/C18H33NO5/c1-12(2)11-13(20)9-10-14(15(21)23-17(3,4)5)19-16(22)24-18(6,7)8/h12,14H,9-11H2,1-8H3,(H,19,22)/t14-/m0/s1.